The van der Waals surface area contributed by atoms with E-state index in [0.29, 0.717) is 0 Å². The van der Waals surface area contributed by atoms with Gasteiger partial charge in [0.25, 0.3) is 11.6 Å². The molecule has 9 nitrogen and oxygen atoms in total. The number of hydrogen-bond donors (Lipinski definition) is 1. The van der Waals surface area contributed by atoms with Gasteiger partial charge in [0.2, 0.25) is 5.91 Å². The van der Waals surface area contributed by atoms with Gasteiger partial charge in [-0.15, -0.1) is 0 Å². The maximum Gasteiger partial charge on any atom is 0.269 e. The molecule has 0 saturated heterocycles. The van der Waals surface area contributed by atoms with E-state index in [9.17, 15) is 19.7 Å². The van der Waals surface area contributed by atoms with Crippen molar-refractivity contribution in [3.05, 3.63) is 52.3 Å². The summed E-state index contributed by atoms with van der Waals surface area (Å²) in [5.41, 5.74) is 0.162. The monoisotopic (exact) mass is 332 g/mol. The van der Waals surface area contributed by atoms with Gasteiger partial charge in [0.15, 0.2) is 5.82 Å². The van der Waals surface area contributed by atoms with Crippen molar-refractivity contribution in [3.63, 3.8) is 0 Å². The maximum atomic E-state index is 12.5. The lowest BCUT2D eigenvalue weighted by atomic mass is 10.1. The Labute approximate surface area is 137 Å². The fourth-order valence-corrected chi connectivity index (χ4v) is 1.99. The summed E-state index contributed by atoms with van der Waals surface area (Å²) in [4.78, 5) is 36.1. The molecule has 0 unspecified atom stereocenters. The zero-order valence-corrected chi connectivity index (χ0v) is 13.1. The largest absolute Gasteiger partial charge is 0.363 e. The molecule has 0 aliphatic heterocycles. The Morgan fingerprint density at radius 1 is 1.29 bits per heavy atom. The van der Waals surface area contributed by atoms with Crippen LogP contribution in [0.4, 0.5) is 11.5 Å². The molecule has 1 aromatic heterocycles. The van der Waals surface area contributed by atoms with Gasteiger partial charge < -0.3 is 14.7 Å². The first-order valence-corrected chi connectivity index (χ1v) is 7.14. The normalized spacial score (nSPS) is 10.5. The minimum atomic E-state index is -0.542. The van der Waals surface area contributed by atoms with Crippen LogP contribution >= 0.6 is 0 Å². The smallest absolute Gasteiger partial charge is 0.269 e. The molecule has 0 bridgehead atoms. The number of nitrogens with one attached hydrogen (secondary N) is 1. The van der Waals surface area contributed by atoms with Crippen LogP contribution in [0.15, 0.2) is 41.1 Å². The molecule has 9 heteroatoms. The first-order chi connectivity index (χ1) is 11.4. The molecular formula is C15H16N4O5. The van der Waals surface area contributed by atoms with Crippen LogP contribution in [0.25, 0.3) is 0 Å². The number of nitro groups is 1. The minimum Gasteiger partial charge on any atom is -0.363 e. The van der Waals surface area contributed by atoms with E-state index in [-0.39, 0.29) is 29.7 Å². The Morgan fingerprint density at radius 3 is 2.46 bits per heavy atom. The van der Waals surface area contributed by atoms with Crippen molar-refractivity contribution in [2.24, 2.45) is 0 Å². The van der Waals surface area contributed by atoms with Gasteiger partial charge in [-0.1, -0.05) is 5.16 Å². The first-order valence-electron chi connectivity index (χ1n) is 7.14. The lowest BCUT2D eigenvalue weighted by Gasteiger charge is -2.26. The number of non-ortho nitro benzene ring substituents is 1. The number of nitro benzene ring substituents is 1. The summed E-state index contributed by atoms with van der Waals surface area (Å²) in [6.45, 7) is 3.36. The molecule has 0 aliphatic rings. The minimum absolute atomic E-state index is 0.105. The van der Waals surface area contributed by atoms with E-state index in [1.165, 1.54) is 41.5 Å². The third-order valence-corrected chi connectivity index (χ3v) is 3.23. The first kappa shape index (κ1) is 17.1. The lowest BCUT2D eigenvalue weighted by molar-refractivity contribution is -0.384. The number of nitrogens with zero attached hydrogens (tertiary/aromatic N) is 3. The summed E-state index contributed by atoms with van der Waals surface area (Å²) < 4.78 is 4.61. The highest BCUT2D eigenvalue weighted by molar-refractivity contribution is 5.99. The van der Waals surface area contributed by atoms with E-state index in [4.69, 9.17) is 0 Å². The van der Waals surface area contributed by atoms with Crippen LogP contribution in [0.5, 0.6) is 0 Å². The Bertz CT molecular complexity index is 725. The average molecular weight is 332 g/mol. The Morgan fingerprint density at radius 2 is 1.96 bits per heavy atom. The summed E-state index contributed by atoms with van der Waals surface area (Å²) in [6.07, 6.45) is 1.32. The van der Waals surface area contributed by atoms with Gasteiger partial charge in [-0.25, -0.2) is 0 Å². The van der Waals surface area contributed by atoms with Crippen molar-refractivity contribution >= 4 is 23.3 Å². The summed E-state index contributed by atoms with van der Waals surface area (Å²) in [6, 6.07) is 6.48. The molecule has 0 radical (unpaired) electrons. The van der Waals surface area contributed by atoms with Gasteiger partial charge in [0.1, 0.15) is 12.8 Å². The van der Waals surface area contributed by atoms with Gasteiger partial charge in [-0.3, -0.25) is 19.7 Å². The van der Waals surface area contributed by atoms with Crippen molar-refractivity contribution < 1.29 is 19.0 Å². The van der Waals surface area contributed by atoms with Crippen LogP contribution < -0.4 is 5.32 Å². The number of carbonyl (C=O) groups is 2. The SMILES string of the molecule is CC(C)N(CC(=O)Nc1ccon1)C(=O)c1ccc([N+](=O)[O-])cc1. The summed E-state index contributed by atoms with van der Waals surface area (Å²) in [5, 5.41) is 16.7. The van der Waals surface area contributed by atoms with Crippen molar-refractivity contribution in [3.8, 4) is 0 Å². The average Bonchev–Trinajstić information content (AvgIpc) is 3.04. The van der Waals surface area contributed by atoms with Crippen molar-refractivity contribution in [2.45, 2.75) is 19.9 Å². The molecular weight excluding hydrogens is 316 g/mol. The standard InChI is InChI=1S/C15H16N4O5/c1-10(2)18(9-14(20)16-13-7-8-24-17-13)15(21)11-3-5-12(6-4-11)19(22)23/h3-8,10H,9H2,1-2H3,(H,16,17,20). The highest BCUT2D eigenvalue weighted by atomic mass is 16.6. The third kappa shape index (κ3) is 4.15. The van der Waals surface area contributed by atoms with Gasteiger partial charge >= 0.3 is 0 Å². The second-order valence-electron chi connectivity index (χ2n) is 5.26. The number of hydrogen-bond acceptors (Lipinski definition) is 6. The van der Waals surface area contributed by atoms with E-state index in [1.54, 1.807) is 13.8 Å². The molecule has 126 valence electrons. The molecule has 2 rings (SSSR count). The van der Waals surface area contributed by atoms with Crippen molar-refractivity contribution in [2.75, 3.05) is 11.9 Å². The van der Waals surface area contributed by atoms with Gasteiger partial charge in [-0.2, -0.15) is 0 Å². The predicted octanol–water partition coefficient (Wildman–Crippen LogP) is 2.07. The van der Waals surface area contributed by atoms with E-state index in [2.05, 4.69) is 15.0 Å². The van der Waals surface area contributed by atoms with Crippen LogP contribution in [-0.2, 0) is 4.79 Å². The molecule has 1 aromatic carbocycles. The molecule has 0 atom stereocenters. The fourth-order valence-electron chi connectivity index (χ4n) is 1.99. The van der Waals surface area contributed by atoms with Crippen LogP contribution in [0.1, 0.15) is 24.2 Å². The van der Waals surface area contributed by atoms with Crippen molar-refractivity contribution in [1.29, 1.82) is 0 Å². The number of benzene rings is 1. The van der Waals surface area contributed by atoms with Crippen LogP contribution in [-0.4, -0.2) is 39.4 Å². The Balaban J connectivity index is 2.09. The lowest BCUT2D eigenvalue weighted by Crippen LogP contribution is -2.42. The van der Waals surface area contributed by atoms with Crippen LogP contribution in [0, 0.1) is 10.1 Å². The second kappa shape index (κ2) is 7.36. The topological polar surface area (TPSA) is 119 Å². The predicted molar refractivity (Wildman–Crippen MR) is 84.4 cm³/mol. The molecule has 24 heavy (non-hydrogen) atoms. The van der Waals surface area contributed by atoms with Gasteiger partial charge in [0, 0.05) is 29.8 Å². The number of amides is 2. The molecule has 0 aliphatic carbocycles. The molecule has 2 amide bonds. The Hall–Kier alpha value is -3.23. The molecule has 1 N–H and O–H groups in total. The molecule has 0 spiro atoms. The zero-order chi connectivity index (χ0) is 17.7. The highest BCUT2D eigenvalue weighted by Crippen LogP contribution is 2.15. The number of carbonyl (C=O) groups excluding carboxylic acids is 2. The van der Waals surface area contributed by atoms with Gasteiger partial charge in [0.05, 0.1) is 4.92 Å². The molecule has 0 fully saturated rings. The summed E-state index contributed by atoms with van der Waals surface area (Å²) >= 11 is 0. The molecule has 0 saturated carbocycles. The zero-order valence-electron chi connectivity index (χ0n) is 13.1. The van der Waals surface area contributed by atoms with Crippen LogP contribution in [0.3, 0.4) is 0 Å². The quantitative estimate of drug-likeness (QED) is 0.639. The second-order valence-corrected chi connectivity index (χ2v) is 5.26. The van der Waals surface area contributed by atoms with Crippen LogP contribution in [0.2, 0.25) is 0 Å². The summed E-state index contributed by atoms with van der Waals surface area (Å²) in [7, 11) is 0. The van der Waals surface area contributed by atoms with Gasteiger partial charge in [-0.05, 0) is 26.0 Å². The fraction of sp³-hybridized carbons (Fsp3) is 0.267. The summed E-state index contributed by atoms with van der Waals surface area (Å²) in [5.74, 6) is -0.561. The maximum absolute atomic E-state index is 12.5. The number of aromatic nitrogens is 1. The number of anilines is 1. The number of rotatable bonds is 6. The van der Waals surface area contributed by atoms with E-state index in [0.717, 1.165) is 0 Å². The molecule has 1 heterocycles. The third-order valence-electron chi connectivity index (χ3n) is 3.23. The Kier molecular flexibility index (Phi) is 5.25. The van der Waals surface area contributed by atoms with E-state index >= 15 is 0 Å². The highest BCUT2D eigenvalue weighted by Gasteiger charge is 2.22. The molecule has 2 aromatic rings. The van der Waals surface area contributed by atoms with Crippen molar-refractivity contribution in [1.82, 2.24) is 10.1 Å². The van der Waals surface area contributed by atoms with E-state index < -0.39 is 16.7 Å². The van der Waals surface area contributed by atoms with E-state index in [1.807, 2.05) is 0 Å².